The standard InChI is InChI=1S/C20H16ClFN6O/c21-14-9-13(5-6-15(14)22)27-19-18-16(25-11-26-19)10-24-20(28-18)23-8-7-12-3-1-2-4-17(12)29/h1-6,9-11,29H,7-8H2,(H,23,24,28)(H,25,26,27). The van der Waals surface area contributed by atoms with Crippen LogP contribution in [0, 0.1) is 5.82 Å². The lowest BCUT2D eigenvalue weighted by atomic mass is 10.1. The van der Waals surface area contributed by atoms with Crippen LogP contribution in [0.25, 0.3) is 11.0 Å². The highest BCUT2D eigenvalue weighted by Gasteiger charge is 2.09. The summed E-state index contributed by atoms with van der Waals surface area (Å²) in [6.45, 7) is 0.535. The molecule has 0 aliphatic carbocycles. The number of halogens is 2. The van der Waals surface area contributed by atoms with Gasteiger partial charge in [0.05, 0.1) is 11.2 Å². The molecule has 0 saturated heterocycles. The molecule has 0 unspecified atom stereocenters. The van der Waals surface area contributed by atoms with Gasteiger partial charge in [0.15, 0.2) is 5.82 Å². The van der Waals surface area contributed by atoms with E-state index in [4.69, 9.17) is 11.6 Å². The predicted molar refractivity (Wildman–Crippen MR) is 110 cm³/mol. The third-order valence-electron chi connectivity index (χ3n) is 4.23. The second-order valence-electron chi connectivity index (χ2n) is 6.21. The number of anilines is 3. The highest BCUT2D eigenvalue weighted by molar-refractivity contribution is 6.31. The second kappa shape index (κ2) is 8.24. The number of phenolic OH excluding ortho intramolecular Hbond substituents is 1. The maximum absolute atomic E-state index is 13.4. The zero-order valence-corrected chi connectivity index (χ0v) is 15.9. The highest BCUT2D eigenvalue weighted by atomic mass is 35.5. The number of hydrogen-bond acceptors (Lipinski definition) is 7. The lowest BCUT2D eigenvalue weighted by Gasteiger charge is -2.10. The average Bonchev–Trinajstić information content (AvgIpc) is 2.72. The molecule has 3 N–H and O–H groups in total. The zero-order chi connectivity index (χ0) is 20.2. The molecular formula is C20H16ClFN6O. The van der Waals surface area contributed by atoms with Crippen molar-refractivity contribution in [3.8, 4) is 5.75 Å². The maximum atomic E-state index is 13.4. The number of fused-ring (bicyclic) bond motifs is 1. The van der Waals surface area contributed by atoms with Crippen LogP contribution in [0.2, 0.25) is 5.02 Å². The van der Waals surface area contributed by atoms with Gasteiger partial charge in [0.1, 0.15) is 28.9 Å². The van der Waals surface area contributed by atoms with Crippen molar-refractivity contribution in [1.29, 1.82) is 0 Å². The quantitative estimate of drug-likeness (QED) is 0.435. The van der Waals surface area contributed by atoms with Gasteiger partial charge in [-0.25, -0.2) is 24.3 Å². The summed E-state index contributed by atoms with van der Waals surface area (Å²) >= 11 is 5.84. The number of aromatic nitrogens is 4. The number of nitrogens with one attached hydrogen (secondary N) is 2. The van der Waals surface area contributed by atoms with Crippen LogP contribution in [0.4, 0.5) is 21.8 Å². The second-order valence-corrected chi connectivity index (χ2v) is 6.62. The molecule has 7 nitrogen and oxygen atoms in total. The van der Waals surface area contributed by atoms with Gasteiger partial charge in [-0.05, 0) is 36.2 Å². The van der Waals surface area contributed by atoms with Crippen LogP contribution in [-0.2, 0) is 6.42 Å². The summed E-state index contributed by atoms with van der Waals surface area (Å²) in [5.41, 5.74) is 2.47. The Labute approximate surface area is 170 Å². The fourth-order valence-corrected chi connectivity index (χ4v) is 2.95. The van der Waals surface area contributed by atoms with E-state index in [9.17, 15) is 9.50 Å². The van der Waals surface area contributed by atoms with Gasteiger partial charge in [0.2, 0.25) is 5.95 Å². The fraction of sp³-hybridized carbons (Fsp3) is 0.100. The van der Waals surface area contributed by atoms with Crippen LogP contribution in [0.5, 0.6) is 5.75 Å². The molecule has 0 aliphatic heterocycles. The van der Waals surface area contributed by atoms with E-state index < -0.39 is 5.82 Å². The summed E-state index contributed by atoms with van der Waals surface area (Å²) in [5.74, 6) is 0.612. The molecule has 0 radical (unpaired) electrons. The molecule has 2 aromatic carbocycles. The van der Waals surface area contributed by atoms with E-state index in [1.54, 1.807) is 24.4 Å². The van der Waals surface area contributed by atoms with Crippen molar-refractivity contribution in [3.05, 3.63) is 71.4 Å². The molecule has 146 valence electrons. The van der Waals surface area contributed by atoms with E-state index >= 15 is 0 Å². The number of para-hydroxylation sites is 1. The van der Waals surface area contributed by atoms with Gasteiger partial charge in [0, 0.05) is 12.2 Å². The molecule has 0 saturated carbocycles. The van der Waals surface area contributed by atoms with Gasteiger partial charge in [-0.2, -0.15) is 0 Å². The molecule has 29 heavy (non-hydrogen) atoms. The van der Waals surface area contributed by atoms with E-state index in [0.717, 1.165) is 5.56 Å². The normalized spacial score (nSPS) is 10.8. The van der Waals surface area contributed by atoms with Gasteiger partial charge >= 0.3 is 0 Å². The van der Waals surface area contributed by atoms with E-state index in [1.807, 2.05) is 12.1 Å². The number of rotatable bonds is 6. The molecule has 4 aromatic rings. The van der Waals surface area contributed by atoms with Crippen molar-refractivity contribution >= 4 is 40.1 Å². The fourth-order valence-electron chi connectivity index (χ4n) is 2.77. The summed E-state index contributed by atoms with van der Waals surface area (Å²) in [6.07, 6.45) is 3.60. The Bertz CT molecular complexity index is 1170. The lowest BCUT2D eigenvalue weighted by Crippen LogP contribution is -2.09. The number of benzene rings is 2. The van der Waals surface area contributed by atoms with Crippen LogP contribution in [0.3, 0.4) is 0 Å². The first-order valence-electron chi connectivity index (χ1n) is 8.81. The lowest BCUT2D eigenvalue weighted by molar-refractivity contribution is 0.468. The Kier molecular flexibility index (Phi) is 5.35. The van der Waals surface area contributed by atoms with Crippen LogP contribution in [0.1, 0.15) is 5.56 Å². The number of aromatic hydroxyl groups is 1. The number of nitrogens with zero attached hydrogens (tertiary/aromatic N) is 4. The largest absolute Gasteiger partial charge is 0.508 e. The van der Waals surface area contributed by atoms with Crippen molar-refractivity contribution in [3.63, 3.8) is 0 Å². The van der Waals surface area contributed by atoms with Crippen molar-refractivity contribution in [2.45, 2.75) is 6.42 Å². The van der Waals surface area contributed by atoms with E-state index in [1.165, 1.54) is 18.5 Å². The third kappa shape index (κ3) is 4.33. The van der Waals surface area contributed by atoms with Gasteiger partial charge < -0.3 is 15.7 Å². The van der Waals surface area contributed by atoms with Crippen LogP contribution in [-0.4, -0.2) is 31.6 Å². The minimum atomic E-state index is -0.497. The smallest absolute Gasteiger partial charge is 0.223 e. The summed E-state index contributed by atoms with van der Waals surface area (Å²) in [4.78, 5) is 17.1. The Balaban J connectivity index is 1.54. The van der Waals surface area contributed by atoms with Gasteiger partial charge in [-0.3, -0.25) is 0 Å². The summed E-state index contributed by atoms with van der Waals surface area (Å²) < 4.78 is 13.4. The topological polar surface area (TPSA) is 95.9 Å². The first-order chi connectivity index (χ1) is 14.1. The highest BCUT2D eigenvalue weighted by Crippen LogP contribution is 2.25. The van der Waals surface area contributed by atoms with E-state index in [0.29, 0.717) is 41.5 Å². The first kappa shape index (κ1) is 18.8. The monoisotopic (exact) mass is 410 g/mol. The van der Waals surface area contributed by atoms with Crippen molar-refractivity contribution < 1.29 is 9.50 Å². The first-order valence-corrected chi connectivity index (χ1v) is 9.18. The van der Waals surface area contributed by atoms with Gasteiger partial charge in [-0.15, -0.1) is 0 Å². The van der Waals surface area contributed by atoms with E-state index in [-0.39, 0.29) is 10.8 Å². The Morgan fingerprint density at radius 1 is 1.07 bits per heavy atom. The Hall–Kier alpha value is -3.52. The van der Waals surface area contributed by atoms with Crippen molar-refractivity contribution in [2.75, 3.05) is 17.2 Å². The number of hydrogen-bond donors (Lipinski definition) is 3. The molecule has 2 aromatic heterocycles. The van der Waals surface area contributed by atoms with Crippen LogP contribution < -0.4 is 10.6 Å². The van der Waals surface area contributed by atoms with Gasteiger partial charge in [-0.1, -0.05) is 29.8 Å². The molecule has 0 fully saturated rings. The predicted octanol–water partition coefficient (Wildman–Crippen LogP) is 4.32. The van der Waals surface area contributed by atoms with Gasteiger partial charge in [0.25, 0.3) is 0 Å². The van der Waals surface area contributed by atoms with Crippen molar-refractivity contribution in [2.24, 2.45) is 0 Å². The summed E-state index contributed by atoms with van der Waals surface area (Å²) in [7, 11) is 0. The maximum Gasteiger partial charge on any atom is 0.223 e. The van der Waals surface area contributed by atoms with Crippen molar-refractivity contribution in [1.82, 2.24) is 19.9 Å². The molecule has 0 amide bonds. The molecular weight excluding hydrogens is 395 g/mol. The average molecular weight is 411 g/mol. The minimum absolute atomic E-state index is 0.00880. The third-order valence-corrected chi connectivity index (χ3v) is 4.52. The molecule has 0 atom stereocenters. The van der Waals surface area contributed by atoms with Crippen LogP contribution in [0.15, 0.2) is 55.0 Å². The summed E-state index contributed by atoms with van der Waals surface area (Å²) in [6, 6.07) is 11.5. The Morgan fingerprint density at radius 2 is 1.93 bits per heavy atom. The molecule has 9 heteroatoms. The molecule has 0 bridgehead atoms. The number of phenols is 1. The summed E-state index contributed by atoms with van der Waals surface area (Å²) in [5, 5.41) is 16.1. The molecule has 2 heterocycles. The van der Waals surface area contributed by atoms with E-state index in [2.05, 4.69) is 30.6 Å². The SMILES string of the molecule is Oc1ccccc1CCNc1ncc2ncnc(Nc3ccc(F)c(Cl)c3)c2n1. The molecule has 0 spiro atoms. The molecule has 4 rings (SSSR count). The van der Waals surface area contributed by atoms with Crippen LogP contribution >= 0.6 is 11.6 Å². The minimum Gasteiger partial charge on any atom is -0.508 e. The molecule has 0 aliphatic rings. The zero-order valence-electron chi connectivity index (χ0n) is 15.1. The Morgan fingerprint density at radius 3 is 2.76 bits per heavy atom.